The van der Waals surface area contributed by atoms with Crippen LogP contribution in [-0.4, -0.2) is 0 Å². The summed E-state index contributed by atoms with van der Waals surface area (Å²) in [5.74, 6) is 1.93. The van der Waals surface area contributed by atoms with Gasteiger partial charge in [-0.3, -0.25) is 0 Å². The lowest BCUT2D eigenvalue weighted by atomic mass is 9.85. The van der Waals surface area contributed by atoms with Crippen molar-refractivity contribution in [3.63, 3.8) is 0 Å². The first-order valence-corrected chi connectivity index (χ1v) is 9.94. The molecule has 0 spiro atoms. The number of ether oxygens (including phenoxy) is 1. The molecule has 1 aliphatic rings. The summed E-state index contributed by atoms with van der Waals surface area (Å²) in [6, 6.07) is 15.4. The van der Waals surface area contributed by atoms with Gasteiger partial charge >= 0.3 is 0 Å². The molecule has 0 bridgehead atoms. The van der Waals surface area contributed by atoms with Gasteiger partial charge in [-0.1, -0.05) is 45.0 Å². The zero-order valence-corrected chi connectivity index (χ0v) is 17.5. The highest BCUT2D eigenvalue weighted by Crippen LogP contribution is 2.49. The predicted molar refractivity (Wildman–Crippen MR) is 116 cm³/mol. The predicted octanol–water partition coefficient (Wildman–Crippen LogP) is 6.50. The number of hydrogen-bond donors (Lipinski definition) is 0. The van der Waals surface area contributed by atoms with Crippen molar-refractivity contribution in [2.75, 3.05) is 0 Å². The molecular formula is C26H26NO+. The van der Waals surface area contributed by atoms with Crippen molar-refractivity contribution in [1.82, 2.24) is 0 Å². The van der Waals surface area contributed by atoms with Gasteiger partial charge < -0.3 is 4.74 Å². The molecular weight excluding hydrogens is 342 g/mol. The van der Waals surface area contributed by atoms with Crippen molar-refractivity contribution >= 4 is 21.5 Å². The Morgan fingerprint density at radius 3 is 2.46 bits per heavy atom. The van der Waals surface area contributed by atoms with Gasteiger partial charge in [0.1, 0.15) is 12.8 Å². The van der Waals surface area contributed by atoms with Gasteiger partial charge in [0.05, 0.1) is 5.56 Å². The molecule has 0 saturated carbocycles. The molecule has 0 amide bonds. The van der Waals surface area contributed by atoms with Crippen molar-refractivity contribution in [3.8, 4) is 22.8 Å². The number of hydrogen-bond acceptors (Lipinski definition) is 1. The zero-order chi connectivity index (χ0) is 19.8. The Hall–Kier alpha value is -2.87. The smallest absolute Gasteiger partial charge is 0.257 e. The third-order valence-corrected chi connectivity index (χ3v) is 6.16. The Bertz CT molecular complexity index is 1290. The van der Waals surface area contributed by atoms with Crippen LogP contribution < -0.4 is 9.30 Å². The lowest BCUT2D eigenvalue weighted by Crippen LogP contribution is -2.32. The summed E-state index contributed by atoms with van der Waals surface area (Å²) in [5.41, 5.74) is 6.53. The first-order valence-electron chi connectivity index (χ1n) is 9.94. The minimum absolute atomic E-state index is 0.0954. The third kappa shape index (κ3) is 2.30. The van der Waals surface area contributed by atoms with Gasteiger partial charge in [0, 0.05) is 16.2 Å². The normalized spacial score (nSPS) is 12.9. The molecule has 0 unspecified atom stereocenters. The molecule has 0 atom stereocenters. The quantitative estimate of drug-likeness (QED) is 0.284. The van der Waals surface area contributed by atoms with Crippen molar-refractivity contribution in [3.05, 3.63) is 65.4 Å². The largest absolute Gasteiger partial charge is 0.449 e. The maximum Gasteiger partial charge on any atom is 0.257 e. The van der Waals surface area contributed by atoms with Crippen LogP contribution >= 0.6 is 0 Å². The molecule has 3 aromatic carbocycles. The first kappa shape index (κ1) is 17.2. The van der Waals surface area contributed by atoms with Crippen molar-refractivity contribution in [2.24, 2.45) is 7.05 Å². The average Bonchev–Trinajstić information content (AvgIpc) is 2.64. The number of aromatic nitrogens is 1. The summed E-state index contributed by atoms with van der Waals surface area (Å²) in [4.78, 5) is 0. The van der Waals surface area contributed by atoms with Gasteiger partial charge in [-0.15, -0.1) is 0 Å². The number of benzene rings is 3. The topological polar surface area (TPSA) is 13.1 Å². The highest BCUT2D eigenvalue weighted by atomic mass is 16.5. The van der Waals surface area contributed by atoms with Crippen molar-refractivity contribution < 1.29 is 9.30 Å². The van der Waals surface area contributed by atoms with E-state index in [0.717, 1.165) is 11.5 Å². The fourth-order valence-corrected chi connectivity index (χ4v) is 4.44. The molecule has 2 heteroatoms. The minimum Gasteiger partial charge on any atom is -0.449 e. The second-order valence-electron chi connectivity index (χ2n) is 9.12. The lowest BCUT2D eigenvalue weighted by Gasteiger charge is -2.24. The van der Waals surface area contributed by atoms with E-state index < -0.39 is 0 Å². The molecule has 0 aliphatic carbocycles. The van der Waals surface area contributed by atoms with Crippen molar-refractivity contribution in [2.45, 2.75) is 40.0 Å². The monoisotopic (exact) mass is 368 g/mol. The summed E-state index contributed by atoms with van der Waals surface area (Å²) in [6.45, 7) is 11.2. The molecule has 140 valence electrons. The second-order valence-corrected chi connectivity index (χ2v) is 9.12. The van der Waals surface area contributed by atoms with Gasteiger partial charge in [-0.05, 0) is 59.5 Å². The molecule has 28 heavy (non-hydrogen) atoms. The van der Waals surface area contributed by atoms with Crippen LogP contribution in [0.2, 0.25) is 0 Å². The molecule has 2 nitrogen and oxygen atoms in total. The molecule has 2 heterocycles. The van der Waals surface area contributed by atoms with Crippen LogP contribution in [0.3, 0.4) is 0 Å². The van der Waals surface area contributed by atoms with Gasteiger partial charge in [0.25, 0.3) is 5.69 Å². The van der Waals surface area contributed by atoms with E-state index in [4.69, 9.17) is 4.74 Å². The van der Waals surface area contributed by atoms with E-state index in [1.165, 1.54) is 49.5 Å². The summed E-state index contributed by atoms with van der Waals surface area (Å²) in [5, 5.41) is 4.85. The molecule has 0 saturated heterocycles. The minimum atomic E-state index is 0.0954. The molecule has 1 aromatic heterocycles. The van der Waals surface area contributed by atoms with E-state index in [1.807, 2.05) is 0 Å². The number of pyridine rings is 1. The van der Waals surface area contributed by atoms with Crippen LogP contribution in [0.15, 0.2) is 48.7 Å². The van der Waals surface area contributed by atoms with E-state index in [1.54, 1.807) is 0 Å². The van der Waals surface area contributed by atoms with E-state index >= 15 is 0 Å². The van der Waals surface area contributed by atoms with E-state index in [2.05, 4.69) is 94.9 Å². The first-order chi connectivity index (χ1) is 13.3. The maximum absolute atomic E-state index is 6.59. The van der Waals surface area contributed by atoms with Gasteiger partial charge in [-0.2, -0.15) is 4.57 Å². The lowest BCUT2D eigenvalue weighted by molar-refractivity contribution is -0.659. The highest BCUT2D eigenvalue weighted by molar-refractivity contribution is 6.07. The maximum atomic E-state index is 6.59. The Kier molecular flexibility index (Phi) is 3.43. The Balaban J connectivity index is 1.96. The zero-order valence-electron chi connectivity index (χ0n) is 17.5. The van der Waals surface area contributed by atoms with Crippen LogP contribution in [0.4, 0.5) is 0 Å². The summed E-state index contributed by atoms with van der Waals surface area (Å²) < 4.78 is 8.81. The number of aryl methyl sites for hydroxylation is 2. The van der Waals surface area contributed by atoms with Crippen LogP contribution in [0.5, 0.6) is 11.5 Å². The van der Waals surface area contributed by atoms with E-state index in [0.29, 0.717) is 0 Å². The molecule has 0 N–H and O–H groups in total. The number of fused-ring (bicyclic) bond motifs is 4. The summed E-state index contributed by atoms with van der Waals surface area (Å²) in [7, 11) is 2.13. The van der Waals surface area contributed by atoms with Gasteiger partial charge in [-0.25, -0.2) is 0 Å². The Labute approximate surface area is 166 Å². The summed E-state index contributed by atoms with van der Waals surface area (Å²) in [6.07, 6.45) is 2.23. The molecule has 1 aliphatic heterocycles. The molecule has 4 aromatic rings. The number of nitrogens with zero attached hydrogens (tertiary/aromatic N) is 1. The fraction of sp³-hybridized carbons (Fsp3) is 0.269. The van der Waals surface area contributed by atoms with Gasteiger partial charge in [0.15, 0.2) is 6.20 Å². The van der Waals surface area contributed by atoms with Crippen molar-refractivity contribution in [1.29, 1.82) is 0 Å². The molecule has 0 radical (unpaired) electrons. The average molecular weight is 369 g/mol. The standard InChI is InChI=1S/C26H26NO/c1-15-12-17-8-7-9-21-23(17)22(16(15)2)24-25(28-21)20-13-19(26(3,4)5)11-10-18(20)14-27(24)6/h7-14H,1-6H3/q+1. The van der Waals surface area contributed by atoms with Crippen LogP contribution in [0.1, 0.15) is 37.5 Å². The van der Waals surface area contributed by atoms with Crippen LogP contribution in [0, 0.1) is 13.8 Å². The number of rotatable bonds is 0. The van der Waals surface area contributed by atoms with E-state index in [-0.39, 0.29) is 5.41 Å². The van der Waals surface area contributed by atoms with Gasteiger partial charge in [0.2, 0.25) is 5.75 Å². The third-order valence-electron chi connectivity index (χ3n) is 6.16. The summed E-state index contributed by atoms with van der Waals surface area (Å²) >= 11 is 0. The Morgan fingerprint density at radius 2 is 1.71 bits per heavy atom. The Morgan fingerprint density at radius 1 is 0.929 bits per heavy atom. The van der Waals surface area contributed by atoms with Crippen LogP contribution in [-0.2, 0) is 12.5 Å². The van der Waals surface area contributed by atoms with E-state index in [9.17, 15) is 0 Å². The SMILES string of the molecule is Cc1cc2cccc3c2c(c1C)-c1c(c2cc(C(C)(C)C)ccc2c[n+]1C)O3. The fourth-order valence-electron chi connectivity index (χ4n) is 4.44. The molecule has 5 rings (SSSR count). The van der Waals surface area contributed by atoms with Crippen LogP contribution in [0.25, 0.3) is 32.8 Å². The molecule has 0 fully saturated rings. The second kappa shape index (κ2) is 5.57. The highest BCUT2D eigenvalue weighted by Gasteiger charge is 2.32.